The fraction of sp³-hybridized carbons (Fsp3) is 0.786. The highest BCUT2D eigenvalue weighted by atomic mass is 16.5. The zero-order chi connectivity index (χ0) is 15.4. The zero-order valence-electron chi connectivity index (χ0n) is 12.8. The van der Waals surface area contributed by atoms with Gasteiger partial charge in [-0.3, -0.25) is 9.69 Å². The lowest BCUT2D eigenvalue weighted by Gasteiger charge is -2.27. The number of likely N-dealkylation sites (N-methyl/N-ethyl adjacent to an activating group) is 1. The van der Waals surface area contributed by atoms with E-state index in [4.69, 9.17) is 9.26 Å². The Kier molecular flexibility index (Phi) is 5.30. The van der Waals surface area contributed by atoms with Crippen molar-refractivity contribution >= 4 is 5.97 Å². The van der Waals surface area contributed by atoms with E-state index in [1.807, 2.05) is 11.8 Å². The molecule has 2 atom stereocenters. The quantitative estimate of drug-likeness (QED) is 0.808. The molecule has 7 nitrogen and oxygen atoms in total. The van der Waals surface area contributed by atoms with Crippen LogP contribution in [0.15, 0.2) is 4.52 Å². The molecular weight excluding hydrogens is 274 g/mol. The van der Waals surface area contributed by atoms with Gasteiger partial charge >= 0.3 is 5.97 Å². The van der Waals surface area contributed by atoms with Crippen LogP contribution in [-0.2, 0) is 22.5 Å². The maximum atomic E-state index is 11.3. The molecule has 0 spiro atoms. The molecule has 1 N–H and O–H groups in total. The number of aliphatic carboxylic acids is 1. The van der Waals surface area contributed by atoms with Crippen LogP contribution in [-0.4, -0.2) is 51.9 Å². The summed E-state index contributed by atoms with van der Waals surface area (Å²) in [4.78, 5) is 17.7. The molecule has 2 rings (SSSR count). The fourth-order valence-corrected chi connectivity index (χ4v) is 2.58. The first-order valence-electron chi connectivity index (χ1n) is 7.37. The minimum absolute atomic E-state index is 0.145. The number of ether oxygens (including phenoxy) is 1. The molecule has 2 unspecified atom stereocenters. The molecule has 118 valence electrons. The molecule has 0 saturated carbocycles. The summed E-state index contributed by atoms with van der Waals surface area (Å²) in [6.07, 6.45) is 0.778. The average molecular weight is 297 g/mol. The third-order valence-electron chi connectivity index (χ3n) is 3.68. The van der Waals surface area contributed by atoms with Crippen molar-refractivity contribution in [2.45, 2.75) is 39.8 Å². The summed E-state index contributed by atoms with van der Waals surface area (Å²) in [6.45, 7) is 8.04. The van der Waals surface area contributed by atoms with Gasteiger partial charge in [-0.25, -0.2) is 0 Å². The molecule has 1 fully saturated rings. The monoisotopic (exact) mass is 297 g/mol. The largest absolute Gasteiger partial charge is 0.481 e. The Bertz CT molecular complexity index is 475. The lowest BCUT2D eigenvalue weighted by molar-refractivity contribution is -0.143. The smallest absolute Gasteiger partial charge is 0.310 e. The Morgan fingerprint density at radius 2 is 2.24 bits per heavy atom. The van der Waals surface area contributed by atoms with E-state index in [9.17, 15) is 9.90 Å². The van der Waals surface area contributed by atoms with Gasteiger partial charge in [-0.15, -0.1) is 0 Å². The van der Waals surface area contributed by atoms with Gasteiger partial charge in [0.15, 0.2) is 5.82 Å². The highest BCUT2D eigenvalue weighted by Crippen LogP contribution is 2.21. The van der Waals surface area contributed by atoms with Crippen molar-refractivity contribution in [3.63, 3.8) is 0 Å². The summed E-state index contributed by atoms with van der Waals surface area (Å²) in [5.74, 6) is 0.388. The lowest BCUT2D eigenvalue weighted by atomic mass is 10.0. The molecule has 2 heterocycles. The molecule has 0 aliphatic carbocycles. The zero-order valence-corrected chi connectivity index (χ0v) is 12.8. The van der Waals surface area contributed by atoms with E-state index in [0.29, 0.717) is 37.3 Å². The van der Waals surface area contributed by atoms with Crippen LogP contribution in [0.3, 0.4) is 0 Å². The normalized spacial score (nSPS) is 22.3. The second-order valence-corrected chi connectivity index (χ2v) is 5.81. The van der Waals surface area contributed by atoms with E-state index in [-0.39, 0.29) is 12.6 Å². The molecule has 1 aromatic rings. The van der Waals surface area contributed by atoms with Gasteiger partial charge in [0.1, 0.15) is 0 Å². The summed E-state index contributed by atoms with van der Waals surface area (Å²) in [5, 5.41) is 13.2. The molecule has 1 aliphatic heterocycles. The van der Waals surface area contributed by atoms with Crippen molar-refractivity contribution in [3.05, 3.63) is 11.7 Å². The predicted molar refractivity (Wildman–Crippen MR) is 74.7 cm³/mol. The van der Waals surface area contributed by atoms with E-state index in [1.54, 1.807) is 0 Å². The number of hydrogen-bond acceptors (Lipinski definition) is 6. The van der Waals surface area contributed by atoms with Crippen molar-refractivity contribution in [1.82, 2.24) is 15.0 Å². The van der Waals surface area contributed by atoms with E-state index >= 15 is 0 Å². The van der Waals surface area contributed by atoms with Gasteiger partial charge < -0.3 is 14.4 Å². The summed E-state index contributed by atoms with van der Waals surface area (Å²) >= 11 is 0. The SMILES string of the molecule is CCN(Cc1nc(CC(C)C)no1)C1COCC1C(=O)O. The van der Waals surface area contributed by atoms with E-state index < -0.39 is 11.9 Å². The van der Waals surface area contributed by atoms with Crippen molar-refractivity contribution < 1.29 is 19.2 Å². The van der Waals surface area contributed by atoms with Crippen LogP contribution in [0.4, 0.5) is 0 Å². The van der Waals surface area contributed by atoms with E-state index in [2.05, 4.69) is 24.0 Å². The number of rotatable bonds is 7. The van der Waals surface area contributed by atoms with Crippen LogP contribution in [0, 0.1) is 11.8 Å². The topological polar surface area (TPSA) is 88.7 Å². The first kappa shape index (κ1) is 15.9. The molecule has 0 aromatic carbocycles. The van der Waals surface area contributed by atoms with Gasteiger partial charge in [0.25, 0.3) is 0 Å². The summed E-state index contributed by atoms with van der Waals surface area (Å²) in [6, 6.07) is -0.145. The van der Waals surface area contributed by atoms with Crippen LogP contribution < -0.4 is 0 Å². The minimum atomic E-state index is -0.818. The summed E-state index contributed by atoms with van der Waals surface area (Å²) in [7, 11) is 0. The second-order valence-electron chi connectivity index (χ2n) is 5.81. The number of hydrogen-bond donors (Lipinski definition) is 1. The Hall–Kier alpha value is -1.47. The summed E-state index contributed by atoms with van der Waals surface area (Å²) < 4.78 is 10.6. The third-order valence-corrected chi connectivity index (χ3v) is 3.68. The number of carboxylic acids is 1. The molecule has 1 saturated heterocycles. The van der Waals surface area contributed by atoms with Crippen LogP contribution in [0.2, 0.25) is 0 Å². The minimum Gasteiger partial charge on any atom is -0.481 e. The molecule has 21 heavy (non-hydrogen) atoms. The van der Waals surface area contributed by atoms with Crippen LogP contribution in [0.25, 0.3) is 0 Å². The molecule has 0 amide bonds. The first-order valence-corrected chi connectivity index (χ1v) is 7.37. The molecule has 0 radical (unpaired) electrons. The highest BCUT2D eigenvalue weighted by Gasteiger charge is 2.38. The maximum Gasteiger partial charge on any atom is 0.310 e. The summed E-state index contributed by atoms with van der Waals surface area (Å²) in [5.41, 5.74) is 0. The molecular formula is C14H23N3O4. The van der Waals surface area contributed by atoms with Crippen LogP contribution in [0.1, 0.15) is 32.5 Å². The third kappa shape index (κ3) is 4.01. The number of aromatic nitrogens is 2. The van der Waals surface area contributed by atoms with Gasteiger partial charge in [-0.2, -0.15) is 4.98 Å². The predicted octanol–water partition coefficient (Wildman–Crippen LogP) is 1.19. The Labute approximate surface area is 124 Å². The van der Waals surface area contributed by atoms with Crippen molar-refractivity contribution in [1.29, 1.82) is 0 Å². The second kappa shape index (κ2) is 7.00. The first-order chi connectivity index (χ1) is 10.0. The highest BCUT2D eigenvalue weighted by molar-refractivity contribution is 5.71. The fourth-order valence-electron chi connectivity index (χ4n) is 2.58. The van der Waals surface area contributed by atoms with Gasteiger partial charge in [0.2, 0.25) is 5.89 Å². The van der Waals surface area contributed by atoms with Crippen molar-refractivity contribution in [3.8, 4) is 0 Å². The molecule has 1 aromatic heterocycles. The number of carboxylic acid groups (broad SMARTS) is 1. The lowest BCUT2D eigenvalue weighted by Crippen LogP contribution is -2.42. The van der Waals surface area contributed by atoms with Crippen molar-refractivity contribution in [2.24, 2.45) is 11.8 Å². The maximum absolute atomic E-state index is 11.3. The number of nitrogens with zero attached hydrogens (tertiary/aromatic N) is 3. The van der Waals surface area contributed by atoms with Gasteiger partial charge in [-0.1, -0.05) is 25.9 Å². The number of carbonyl (C=O) groups is 1. The van der Waals surface area contributed by atoms with E-state index in [1.165, 1.54) is 0 Å². The average Bonchev–Trinajstić information content (AvgIpc) is 3.04. The van der Waals surface area contributed by atoms with Gasteiger partial charge in [-0.05, 0) is 12.5 Å². The van der Waals surface area contributed by atoms with Gasteiger partial charge in [0, 0.05) is 12.5 Å². The van der Waals surface area contributed by atoms with Crippen molar-refractivity contribution in [2.75, 3.05) is 19.8 Å². The molecule has 7 heteroatoms. The Morgan fingerprint density at radius 3 is 2.86 bits per heavy atom. The Balaban J connectivity index is 2.01. The standard InChI is InChI=1S/C14H23N3O4/c1-4-17(11-8-20-7-10(11)14(18)19)6-13-15-12(16-21-13)5-9(2)3/h9-11H,4-8H2,1-3H3,(H,18,19). The van der Waals surface area contributed by atoms with Crippen LogP contribution in [0.5, 0.6) is 0 Å². The van der Waals surface area contributed by atoms with Crippen LogP contribution >= 0.6 is 0 Å². The van der Waals surface area contributed by atoms with Gasteiger partial charge in [0.05, 0.1) is 25.7 Å². The molecule has 0 bridgehead atoms. The van der Waals surface area contributed by atoms with E-state index in [0.717, 1.165) is 6.42 Å². The molecule has 1 aliphatic rings. The Morgan fingerprint density at radius 1 is 1.48 bits per heavy atom.